The van der Waals surface area contributed by atoms with Crippen LogP contribution in [0.25, 0.3) is 0 Å². The number of likely N-dealkylation sites (N-methyl/N-ethyl adjacent to an activating group) is 1. The molecule has 0 radical (unpaired) electrons. The molecule has 0 bridgehead atoms. The van der Waals surface area contributed by atoms with E-state index < -0.39 is 108 Å². The van der Waals surface area contributed by atoms with Gasteiger partial charge in [-0.25, -0.2) is 0 Å². The first kappa shape index (κ1) is 43.1. The molecule has 3 fully saturated rings. The zero-order valence-corrected chi connectivity index (χ0v) is 32.1. The summed E-state index contributed by atoms with van der Waals surface area (Å²) in [6.07, 6.45) is -10.4. The van der Waals surface area contributed by atoms with Gasteiger partial charge in [0.05, 0.1) is 41.5 Å². The van der Waals surface area contributed by atoms with Crippen molar-refractivity contribution in [2.24, 2.45) is 17.8 Å². The Morgan fingerprint density at radius 1 is 0.920 bits per heavy atom. The van der Waals surface area contributed by atoms with Crippen LogP contribution >= 0.6 is 0 Å². The Labute approximate surface area is 297 Å². The van der Waals surface area contributed by atoms with Gasteiger partial charge in [0.25, 0.3) is 0 Å². The van der Waals surface area contributed by atoms with Crippen LogP contribution < -0.4 is 0 Å². The second kappa shape index (κ2) is 16.8. The Bertz CT molecular complexity index is 1140. The molecule has 8 unspecified atom stereocenters. The Morgan fingerprint density at radius 3 is 2.12 bits per heavy atom. The van der Waals surface area contributed by atoms with Crippen LogP contribution in [-0.4, -0.2) is 147 Å². The average Bonchev–Trinajstić information content (AvgIpc) is 3.03. The van der Waals surface area contributed by atoms with Gasteiger partial charge in [-0.15, -0.1) is 0 Å². The number of aliphatic hydroxyl groups is 5. The van der Waals surface area contributed by atoms with Crippen molar-refractivity contribution in [2.75, 3.05) is 20.7 Å². The molecule has 5 N–H and O–H groups in total. The minimum atomic E-state index is -1.82. The summed E-state index contributed by atoms with van der Waals surface area (Å²) in [7, 11) is 3.28. The second-order valence-corrected chi connectivity index (χ2v) is 16.0. The van der Waals surface area contributed by atoms with Crippen LogP contribution in [0, 0.1) is 17.8 Å². The van der Waals surface area contributed by atoms with E-state index in [2.05, 4.69) is 0 Å². The standard InChI is InChI=1S/C36H65NO13/c1-13-25-36(10,44)29(40)22(6)37(11)17-18(2)15-34(8,43)31(50-33-27(39)24(38)14-19(3)46-33)20(4)28(21(5)32(42)48-25)49-26-16-35(9,45-12)30(41)23(7)47-26/h18-23,25-31,33,39-41,43-44H,13-17H2,1-12H3/t18-,19?,20+,21+,22+,23?,25-,26?,27?,28+,29+,30?,31-,33?,34+,35?,36?/m0/s1. The normalized spacial score (nSPS) is 49.5. The number of ketones is 1. The van der Waals surface area contributed by atoms with E-state index >= 15 is 0 Å². The van der Waals surface area contributed by atoms with E-state index in [1.54, 1.807) is 62.4 Å². The lowest BCUT2D eigenvalue weighted by molar-refractivity contribution is -0.311. The zero-order valence-electron chi connectivity index (χ0n) is 32.1. The number of hydrogen-bond donors (Lipinski definition) is 5. The highest BCUT2D eigenvalue weighted by Gasteiger charge is 2.52. The lowest BCUT2D eigenvalue weighted by Crippen LogP contribution is -2.59. The van der Waals surface area contributed by atoms with Gasteiger partial charge in [0.2, 0.25) is 0 Å². The highest BCUT2D eigenvalue weighted by atomic mass is 16.7. The fraction of sp³-hybridized carbons (Fsp3) is 0.944. The van der Waals surface area contributed by atoms with Crippen molar-refractivity contribution in [2.45, 2.75) is 179 Å². The first-order chi connectivity index (χ1) is 23.0. The monoisotopic (exact) mass is 719 g/mol. The molecule has 17 atom stereocenters. The van der Waals surface area contributed by atoms with E-state index in [0.717, 1.165) is 0 Å². The molecule has 3 rings (SSSR count). The molecule has 50 heavy (non-hydrogen) atoms. The number of aliphatic hydroxyl groups excluding tert-OH is 3. The van der Waals surface area contributed by atoms with Crippen LogP contribution in [0.3, 0.4) is 0 Å². The fourth-order valence-corrected chi connectivity index (χ4v) is 8.10. The number of carbonyl (C=O) groups is 2. The second-order valence-electron chi connectivity index (χ2n) is 16.0. The van der Waals surface area contributed by atoms with Crippen LogP contribution in [0.4, 0.5) is 0 Å². The molecule has 3 aliphatic heterocycles. The van der Waals surface area contributed by atoms with Crippen molar-refractivity contribution in [1.82, 2.24) is 4.90 Å². The number of esters is 1. The van der Waals surface area contributed by atoms with Gasteiger partial charge in [0, 0.05) is 38.5 Å². The summed E-state index contributed by atoms with van der Waals surface area (Å²) >= 11 is 0. The Balaban J connectivity index is 2.16. The Morgan fingerprint density at radius 2 is 1.54 bits per heavy atom. The molecule has 3 saturated heterocycles. The molecule has 14 nitrogen and oxygen atoms in total. The average molecular weight is 720 g/mol. The largest absolute Gasteiger partial charge is 0.459 e. The highest BCUT2D eigenvalue weighted by Crippen LogP contribution is 2.39. The minimum Gasteiger partial charge on any atom is -0.459 e. The maximum atomic E-state index is 14.1. The van der Waals surface area contributed by atoms with Gasteiger partial charge in [0.15, 0.2) is 24.5 Å². The summed E-state index contributed by atoms with van der Waals surface area (Å²) in [5.74, 6) is -3.28. The number of rotatable bonds is 6. The summed E-state index contributed by atoms with van der Waals surface area (Å²) in [6.45, 7) is 17.3. The number of carbonyl (C=O) groups excluding carboxylic acids is 2. The maximum Gasteiger partial charge on any atom is 0.311 e. The molecule has 14 heteroatoms. The number of Topliss-reactive ketones (excluding diaryl/α,β-unsaturated/α-hetero) is 1. The number of hydrogen-bond acceptors (Lipinski definition) is 14. The Kier molecular flexibility index (Phi) is 14.5. The van der Waals surface area contributed by atoms with Crippen LogP contribution in [-0.2, 0) is 38.0 Å². The fourth-order valence-electron chi connectivity index (χ4n) is 8.10. The van der Waals surface area contributed by atoms with Crippen molar-refractivity contribution in [3.8, 4) is 0 Å². The number of nitrogens with zero attached hydrogens (tertiary/aromatic N) is 1. The van der Waals surface area contributed by atoms with E-state index in [4.69, 9.17) is 28.4 Å². The van der Waals surface area contributed by atoms with Gasteiger partial charge in [-0.2, -0.15) is 0 Å². The summed E-state index contributed by atoms with van der Waals surface area (Å²) < 4.78 is 36.6. The zero-order chi connectivity index (χ0) is 38.1. The number of cyclic esters (lactones) is 1. The van der Waals surface area contributed by atoms with Gasteiger partial charge < -0.3 is 58.9 Å². The summed E-state index contributed by atoms with van der Waals surface area (Å²) in [6, 6.07) is -0.566. The van der Waals surface area contributed by atoms with E-state index in [9.17, 15) is 35.1 Å². The van der Waals surface area contributed by atoms with E-state index in [-0.39, 0.29) is 31.6 Å². The molecular weight excluding hydrogens is 654 g/mol. The third kappa shape index (κ3) is 9.43. The molecule has 0 amide bonds. The first-order valence-electron chi connectivity index (χ1n) is 18.1. The summed E-state index contributed by atoms with van der Waals surface area (Å²) in [5, 5.41) is 57.1. The van der Waals surface area contributed by atoms with Crippen molar-refractivity contribution in [1.29, 1.82) is 0 Å². The molecule has 0 saturated carbocycles. The molecule has 3 aliphatic rings. The molecule has 3 heterocycles. The molecule has 0 spiro atoms. The lowest BCUT2D eigenvalue weighted by Gasteiger charge is -2.48. The summed E-state index contributed by atoms with van der Waals surface area (Å²) in [5.41, 5.74) is -4.52. The van der Waals surface area contributed by atoms with Crippen molar-refractivity contribution in [3.63, 3.8) is 0 Å². The SMILES string of the molecule is CC[C@@H]1OC(=O)[C@H](C)[C@H](OC2CC(C)(OC)C(O)C(C)O2)[C@@H](C)[C@H](OC2OC(C)CC(=O)C2O)[C@](C)(O)C[C@H](C)CN(C)[C@H](C)[C@@H](O)C1(C)O. The van der Waals surface area contributed by atoms with Gasteiger partial charge in [0.1, 0.15) is 23.9 Å². The predicted octanol–water partition coefficient (Wildman–Crippen LogP) is 1.54. The molecular formula is C36H65NO13. The first-order valence-corrected chi connectivity index (χ1v) is 18.1. The molecule has 0 aromatic carbocycles. The van der Waals surface area contributed by atoms with Crippen LogP contribution in [0.5, 0.6) is 0 Å². The van der Waals surface area contributed by atoms with Crippen LogP contribution in [0.1, 0.15) is 94.9 Å². The van der Waals surface area contributed by atoms with Gasteiger partial charge in [-0.1, -0.05) is 20.8 Å². The number of methoxy groups -OCH3 is 1. The third-order valence-corrected chi connectivity index (χ3v) is 11.4. The molecule has 292 valence electrons. The smallest absolute Gasteiger partial charge is 0.311 e. The topological polar surface area (TPSA) is 194 Å². The van der Waals surface area contributed by atoms with Gasteiger partial charge in [-0.05, 0) is 74.3 Å². The van der Waals surface area contributed by atoms with Gasteiger partial charge >= 0.3 is 5.97 Å². The maximum absolute atomic E-state index is 14.1. The third-order valence-electron chi connectivity index (χ3n) is 11.4. The molecule has 0 aliphatic carbocycles. The van der Waals surface area contributed by atoms with E-state index in [0.29, 0.717) is 6.54 Å². The highest BCUT2D eigenvalue weighted by molar-refractivity contribution is 5.84. The quantitative estimate of drug-likeness (QED) is 0.248. The van der Waals surface area contributed by atoms with E-state index in [1.165, 1.54) is 14.0 Å². The van der Waals surface area contributed by atoms with Crippen LogP contribution in [0.2, 0.25) is 0 Å². The van der Waals surface area contributed by atoms with Gasteiger partial charge in [-0.3, -0.25) is 9.59 Å². The van der Waals surface area contributed by atoms with Crippen LogP contribution in [0.15, 0.2) is 0 Å². The van der Waals surface area contributed by atoms with Crippen molar-refractivity contribution >= 4 is 11.8 Å². The van der Waals surface area contributed by atoms with Crippen molar-refractivity contribution in [3.05, 3.63) is 0 Å². The lowest BCUT2D eigenvalue weighted by atomic mass is 9.77. The molecule has 0 aromatic heterocycles. The minimum absolute atomic E-state index is 0.00332. The Hall–Kier alpha value is -1.30. The predicted molar refractivity (Wildman–Crippen MR) is 182 cm³/mol. The van der Waals surface area contributed by atoms with E-state index in [1.807, 2.05) is 11.8 Å². The van der Waals surface area contributed by atoms with Crippen molar-refractivity contribution < 1.29 is 63.5 Å². The summed E-state index contributed by atoms with van der Waals surface area (Å²) in [4.78, 5) is 28.6. The molecule has 0 aromatic rings. The number of ether oxygens (including phenoxy) is 6.